The summed E-state index contributed by atoms with van der Waals surface area (Å²) in [5, 5.41) is 11.4. The van der Waals surface area contributed by atoms with Gasteiger partial charge in [0.25, 0.3) is 0 Å². The maximum absolute atomic E-state index is 13.0. The number of carbonyl (C=O) groups is 1. The predicted octanol–water partition coefficient (Wildman–Crippen LogP) is 4.92. The van der Waals surface area contributed by atoms with E-state index in [1.807, 2.05) is 60.7 Å². The van der Waals surface area contributed by atoms with Crippen LogP contribution in [0.4, 0.5) is 0 Å². The van der Waals surface area contributed by atoms with Gasteiger partial charge in [-0.3, -0.25) is 4.79 Å². The predicted molar refractivity (Wildman–Crippen MR) is 149 cm³/mol. The first-order chi connectivity index (χ1) is 19.2. The zero-order valence-electron chi connectivity index (χ0n) is 23.4. The van der Waals surface area contributed by atoms with Crippen LogP contribution in [0.1, 0.15) is 31.9 Å². The highest BCUT2D eigenvalue weighted by Gasteiger charge is 2.50. The summed E-state index contributed by atoms with van der Waals surface area (Å²) in [5.74, 6) is 0.674. The summed E-state index contributed by atoms with van der Waals surface area (Å²) in [5.41, 5.74) is 1.11. The fourth-order valence-electron chi connectivity index (χ4n) is 4.16. The van der Waals surface area contributed by atoms with E-state index in [-0.39, 0.29) is 13.2 Å². The Hall–Kier alpha value is -3.43. The van der Waals surface area contributed by atoms with Crippen molar-refractivity contribution in [3.8, 4) is 11.5 Å². The molecule has 8 nitrogen and oxygen atoms in total. The standard InChI is InChI=1S/C32H38O8/c1-32(2,3)31(34)40-29-28(37-20-23-13-9-6-10-14-23)27(33)26(21-36-19-22-11-7-5-8-12-22)39-30(29)38-25-17-15-24(35-4)16-18-25/h5-18,26-30,33H,19-21H2,1-4H3/t26-,27-,28+,29-,30-/m1/s1. The summed E-state index contributed by atoms with van der Waals surface area (Å²) >= 11 is 0. The minimum atomic E-state index is -1.16. The molecule has 40 heavy (non-hydrogen) atoms. The molecule has 1 heterocycles. The highest BCUT2D eigenvalue weighted by molar-refractivity contribution is 5.75. The van der Waals surface area contributed by atoms with Gasteiger partial charge in [-0.1, -0.05) is 60.7 Å². The Morgan fingerprint density at radius 1 is 0.825 bits per heavy atom. The summed E-state index contributed by atoms with van der Waals surface area (Å²) in [6, 6.07) is 26.3. The Kier molecular flexibility index (Phi) is 10.2. The monoisotopic (exact) mass is 550 g/mol. The smallest absolute Gasteiger partial charge is 0.311 e. The first-order valence-electron chi connectivity index (χ1n) is 13.4. The van der Waals surface area contributed by atoms with Crippen molar-refractivity contribution in [1.29, 1.82) is 0 Å². The molecule has 1 aliphatic heterocycles. The van der Waals surface area contributed by atoms with Crippen LogP contribution in [0.2, 0.25) is 0 Å². The van der Waals surface area contributed by atoms with Crippen molar-refractivity contribution in [3.05, 3.63) is 96.1 Å². The molecule has 4 rings (SSSR count). The molecule has 0 saturated carbocycles. The number of aliphatic hydroxyl groups excluding tert-OH is 1. The molecule has 8 heteroatoms. The molecular weight excluding hydrogens is 512 g/mol. The molecule has 1 fully saturated rings. The van der Waals surface area contributed by atoms with Gasteiger partial charge >= 0.3 is 5.97 Å². The van der Waals surface area contributed by atoms with Gasteiger partial charge in [0, 0.05) is 0 Å². The van der Waals surface area contributed by atoms with Gasteiger partial charge in [0.1, 0.15) is 29.8 Å². The fourth-order valence-corrected chi connectivity index (χ4v) is 4.16. The van der Waals surface area contributed by atoms with E-state index in [9.17, 15) is 9.90 Å². The zero-order valence-corrected chi connectivity index (χ0v) is 23.4. The second-order valence-corrected chi connectivity index (χ2v) is 10.7. The number of carbonyl (C=O) groups excluding carboxylic acids is 1. The number of hydrogen-bond donors (Lipinski definition) is 1. The highest BCUT2D eigenvalue weighted by Crippen LogP contribution is 2.31. The lowest BCUT2D eigenvalue weighted by atomic mass is 9.95. The van der Waals surface area contributed by atoms with Crippen molar-refractivity contribution in [2.45, 2.75) is 64.7 Å². The van der Waals surface area contributed by atoms with Gasteiger partial charge in [-0.25, -0.2) is 0 Å². The van der Waals surface area contributed by atoms with E-state index in [0.717, 1.165) is 11.1 Å². The number of ether oxygens (including phenoxy) is 6. The molecular formula is C32H38O8. The van der Waals surface area contributed by atoms with Crippen molar-refractivity contribution in [1.82, 2.24) is 0 Å². The van der Waals surface area contributed by atoms with Crippen molar-refractivity contribution in [3.63, 3.8) is 0 Å². The van der Waals surface area contributed by atoms with E-state index in [4.69, 9.17) is 28.4 Å². The van der Waals surface area contributed by atoms with E-state index in [0.29, 0.717) is 18.1 Å². The van der Waals surface area contributed by atoms with E-state index >= 15 is 0 Å². The van der Waals surface area contributed by atoms with Crippen molar-refractivity contribution < 1.29 is 38.3 Å². The van der Waals surface area contributed by atoms with Crippen LogP contribution in [0.3, 0.4) is 0 Å². The average molecular weight is 551 g/mol. The molecule has 0 bridgehead atoms. The number of aliphatic hydroxyl groups is 1. The number of hydrogen-bond acceptors (Lipinski definition) is 8. The van der Waals surface area contributed by atoms with Gasteiger partial charge in [-0.15, -0.1) is 0 Å². The summed E-state index contributed by atoms with van der Waals surface area (Å²) in [4.78, 5) is 13.0. The second-order valence-electron chi connectivity index (χ2n) is 10.7. The molecule has 3 aromatic rings. The van der Waals surface area contributed by atoms with Crippen molar-refractivity contribution in [2.75, 3.05) is 13.7 Å². The van der Waals surface area contributed by atoms with Crippen LogP contribution in [0.25, 0.3) is 0 Å². The first-order valence-corrected chi connectivity index (χ1v) is 13.4. The Bertz CT molecular complexity index is 1180. The topological polar surface area (TPSA) is 92.7 Å². The molecule has 1 N–H and O–H groups in total. The highest BCUT2D eigenvalue weighted by atomic mass is 16.7. The van der Waals surface area contributed by atoms with Gasteiger partial charge in [-0.05, 0) is 56.2 Å². The van der Waals surface area contributed by atoms with Crippen LogP contribution in [0, 0.1) is 5.41 Å². The Balaban J connectivity index is 1.59. The van der Waals surface area contributed by atoms with E-state index < -0.39 is 42.1 Å². The summed E-state index contributed by atoms with van der Waals surface area (Å²) < 4.78 is 35.8. The van der Waals surface area contributed by atoms with Gasteiger partial charge in [0.05, 0.1) is 32.3 Å². The quantitative estimate of drug-likeness (QED) is 0.337. The van der Waals surface area contributed by atoms with Crippen molar-refractivity contribution in [2.24, 2.45) is 5.41 Å². The van der Waals surface area contributed by atoms with Crippen LogP contribution in [0.15, 0.2) is 84.9 Å². The van der Waals surface area contributed by atoms with E-state index in [2.05, 4.69) is 0 Å². The van der Waals surface area contributed by atoms with Crippen LogP contribution < -0.4 is 9.47 Å². The largest absolute Gasteiger partial charge is 0.497 e. The van der Waals surface area contributed by atoms with Crippen LogP contribution in [-0.2, 0) is 37.0 Å². The molecule has 214 valence electrons. The summed E-state index contributed by atoms with van der Waals surface area (Å²) in [7, 11) is 1.58. The molecule has 5 atom stereocenters. The van der Waals surface area contributed by atoms with E-state index in [1.165, 1.54) is 0 Å². The Morgan fingerprint density at radius 3 is 1.98 bits per heavy atom. The molecule has 0 amide bonds. The minimum Gasteiger partial charge on any atom is -0.497 e. The van der Waals surface area contributed by atoms with Gasteiger partial charge < -0.3 is 33.5 Å². The maximum atomic E-state index is 13.0. The lowest BCUT2D eigenvalue weighted by Gasteiger charge is -2.44. The third kappa shape index (κ3) is 8.05. The fraction of sp³-hybridized carbons (Fsp3) is 0.406. The first kappa shape index (κ1) is 29.6. The Morgan fingerprint density at radius 2 is 1.40 bits per heavy atom. The average Bonchev–Trinajstić information content (AvgIpc) is 2.96. The molecule has 1 saturated heterocycles. The van der Waals surface area contributed by atoms with E-state index in [1.54, 1.807) is 52.1 Å². The number of esters is 1. The molecule has 0 radical (unpaired) electrons. The molecule has 0 unspecified atom stereocenters. The molecule has 0 spiro atoms. The van der Waals surface area contributed by atoms with Gasteiger partial charge in [-0.2, -0.15) is 0 Å². The zero-order chi connectivity index (χ0) is 28.5. The lowest BCUT2D eigenvalue weighted by Crippen LogP contribution is -2.62. The maximum Gasteiger partial charge on any atom is 0.311 e. The normalized spacial score (nSPS) is 22.9. The van der Waals surface area contributed by atoms with Crippen molar-refractivity contribution >= 4 is 5.97 Å². The number of rotatable bonds is 11. The SMILES string of the molecule is COc1ccc(O[C@@H]2O[C@H](COCc3ccccc3)[C@@H](O)[C@H](OCc3ccccc3)[C@H]2OC(=O)C(C)(C)C)cc1. The summed E-state index contributed by atoms with van der Waals surface area (Å²) in [6.07, 6.45) is -5.05. The van der Waals surface area contributed by atoms with Crippen LogP contribution in [0.5, 0.6) is 11.5 Å². The minimum absolute atomic E-state index is 0.0731. The molecule has 0 aliphatic carbocycles. The number of methoxy groups -OCH3 is 1. The van der Waals surface area contributed by atoms with Gasteiger partial charge in [0.15, 0.2) is 6.10 Å². The molecule has 1 aliphatic rings. The molecule has 0 aromatic heterocycles. The Labute approximate surface area is 235 Å². The third-order valence-corrected chi connectivity index (χ3v) is 6.46. The summed E-state index contributed by atoms with van der Waals surface area (Å²) in [6.45, 7) is 5.89. The van der Waals surface area contributed by atoms with Crippen LogP contribution in [-0.4, -0.2) is 55.5 Å². The van der Waals surface area contributed by atoms with Crippen LogP contribution >= 0.6 is 0 Å². The second kappa shape index (κ2) is 13.8. The third-order valence-electron chi connectivity index (χ3n) is 6.46. The van der Waals surface area contributed by atoms with Gasteiger partial charge in [0.2, 0.25) is 6.29 Å². The number of benzene rings is 3. The lowest BCUT2D eigenvalue weighted by molar-refractivity contribution is -0.295. The molecule has 3 aromatic carbocycles.